The minimum absolute atomic E-state index is 0.0618. The lowest BCUT2D eigenvalue weighted by Crippen LogP contribution is -2.38. The molecule has 0 aliphatic heterocycles. The molecular weight excluding hydrogens is 296 g/mol. The molecular formula is C17H20N2O4. The van der Waals surface area contributed by atoms with E-state index in [1.54, 1.807) is 37.4 Å². The van der Waals surface area contributed by atoms with Crippen LogP contribution in [0.5, 0.6) is 5.75 Å². The fraction of sp³-hybridized carbons (Fsp3) is 0.294. The van der Waals surface area contributed by atoms with E-state index in [0.29, 0.717) is 12.1 Å². The summed E-state index contributed by atoms with van der Waals surface area (Å²) in [5, 5.41) is 19.7. The van der Waals surface area contributed by atoms with Crippen LogP contribution in [0, 0.1) is 0 Å². The highest BCUT2D eigenvalue weighted by Gasteiger charge is 2.18. The van der Waals surface area contributed by atoms with E-state index < -0.39 is 6.10 Å². The van der Waals surface area contributed by atoms with E-state index in [-0.39, 0.29) is 30.3 Å². The molecule has 1 amide bonds. The lowest BCUT2D eigenvalue weighted by molar-refractivity contribution is -0.133. The minimum atomic E-state index is -0.904. The minimum Gasteiger partial charge on any atom is -0.508 e. The maximum Gasteiger partial charge on any atom is 0.250 e. The molecule has 6 heteroatoms. The number of hydrogen-bond donors (Lipinski definition) is 2. The third kappa shape index (κ3) is 4.43. The quantitative estimate of drug-likeness (QED) is 0.837. The summed E-state index contributed by atoms with van der Waals surface area (Å²) in [7, 11) is 0. The first-order valence-electron chi connectivity index (χ1n) is 7.41. The van der Waals surface area contributed by atoms with Gasteiger partial charge in [-0.05, 0) is 30.7 Å². The standard InChI is InChI=1S/C17H20N2O4/c1-2-18(11-15(21)13-6-5-7-14(20)10-13)17(23)12-19-9-4-3-8-16(19)22/h3-10,15,20-21H,2,11-12H2,1H3/t15-/m1/s1. The smallest absolute Gasteiger partial charge is 0.250 e. The Kier molecular flexibility index (Phi) is 5.54. The number of amides is 1. The Balaban J connectivity index is 2.06. The summed E-state index contributed by atoms with van der Waals surface area (Å²) in [4.78, 5) is 25.5. The van der Waals surface area contributed by atoms with Gasteiger partial charge in [-0.3, -0.25) is 9.59 Å². The van der Waals surface area contributed by atoms with Gasteiger partial charge in [0, 0.05) is 18.8 Å². The molecule has 6 nitrogen and oxygen atoms in total. The van der Waals surface area contributed by atoms with Crippen molar-refractivity contribution in [3.8, 4) is 5.75 Å². The van der Waals surface area contributed by atoms with Crippen LogP contribution in [0.2, 0.25) is 0 Å². The van der Waals surface area contributed by atoms with Gasteiger partial charge in [-0.2, -0.15) is 0 Å². The Morgan fingerprint density at radius 3 is 2.70 bits per heavy atom. The van der Waals surface area contributed by atoms with Crippen LogP contribution in [0.15, 0.2) is 53.5 Å². The number of aromatic hydroxyl groups is 1. The molecule has 0 aliphatic carbocycles. The summed E-state index contributed by atoms with van der Waals surface area (Å²) in [5.41, 5.74) is 0.290. The molecule has 0 saturated carbocycles. The zero-order valence-electron chi connectivity index (χ0n) is 12.9. The first-order valence-corrected chi connectivity index (χ1v) is 7.41. The van der Waals surface area contributed by atoms with Crippen LogP contribution < -0.4 is 5.56 Å². The van der Waals surface area contributed by atoms with Crippen LogP contribution in [-0.4, -0.2) is 38.7 Å². The van der Waals surface area contributed by atoms with Crippen molar-refractivity contribution < 1.29 is 15.0 Å². The average Bonchev–Trinajstić information content (AvgIpc) is 2.54. The fourth-order valence-electron chi connectivity index (χ4n) is 2.29. The van der Waals surface area contributed by atoms with Gasteiger partial charge in [0.05, 0.1) is 12.6 Å². The number of hydrogen-bond acceptors (Lipinski definition) is 4. The topological polar surface area (TPSA) is 82.8 Å². The molecule has 23 heavy (non-hydrogen) atoms. The van der Waals surface area contributed by atoms with Crippen molar-refractivity contribution >= 4 is 5.91 Å². The van der Waals surface area contributed by atoms with Crippen LogP contribution in [0.3, 0.4) is 0 Å². The molecule has 2 aromatic rings. The Bertz CT molecular complexity index is 726. The molecule has 1 aromatic carbocycles. The van der Waals surface area contributed by atoms with Crippen molar-refractivity contribution in [3.05, 3.63) is 64.6 Å². The predicted octanol–water partition coefficient (Wildman–Crippen LogP) is 1.14. The fourth-order valence-corrected chi connectivity index (χ4v) is 2.29. The van der Waals surface area contributed by atoms with Gasteiger partial charge in [0.15, 0.2) is 0 Å². The number of nitrogens with zero attached hydrogens (tertiary/aromatic N) is 2. The van der Waals surface area contributed by atoms with E-state index in [1.807, 2.05) is 0 Å². The van der Waals surface area contributed by atoms with E-state index in [2.05, 4.69) is 0 Å². The Hall–Kier alpha value is -2.60. The molecule has 1 atom stereocenters. The highest BCUT2D eigenvalue weighted by Crippen LogP contribution is 2.19. The van der Waals surface area contributed by atoms with Crippen molar-refractivity contribution in [3.63, 3.8) is 0 Å². The molecule has 0 aliphatic rings. The second kappa shape index (κ2) is 7.60. The van der Waals surface area contributed by atoms with Crippen molar-refractivity contribution in [2.75, 3.05) is 13.1 Å². The van der Waals surface area contributed by atoms with Crippen LogP contribution in [-0.2, 0) is 11.3 Å². The van der Waals surface area contributed by atoms with Crippen molar-refractivity contribution in [2.24, 2.45) is 0 Å². The molecule has 0 bridgehead atoms. The lowest BCUT2D eigenvalue weighted by Gasteiger charge is -2.24. The number of aliphatic hydroxyl groups excluding tert-OH is 1. The second-order valence-corrected chi connectivity index (χ2v) is 5.21. The third-order valence-corrected chi connectivity index (χ3v) is 3.59. The third-order valence-electron chi connectivity index (χ3n) is 3.59. The number of carbonyl (C=O) groups is 1. The van der Waals surface area contributed by atoms with Gasteiger partial charge in [-0.25, -0.2) is 0 Å². The zero-order valence-corrected chi connectivity index (χ0v) is 12.9. The lowest BCUT2D eigenvalue weighted by atomic mass is 10.1. The van der Waals surface area contributed by atoms with Crippen LogP contribution in [0.1, 0.15) is 18.6 Å². The van der Waals surface area contributed by atoms with E-state index >= 15 is 0 Å². The molecule has 0 radical (unpaired) electrons. The normalized spacial score (nSPS) is 11.9. The van der Waals surface area contributed by atoms with Crippen molar-refractivity contribution in [1.82, 2.24) is 9.47 Å². The summed E-state index contributed by atoms with van der Waals surface area (Å²) in [5.74, 6) is -0.188. The molecule has 0 spiro atoms. The molecule has 1 heterocycles. The Morgan fingerprint density at radius 2 is 2.04 bits per heavy atom. The van der Waals surface area contributed by atoms with Gasteiger partial charge in [0.25, 0.3) is 5.56 Å². The van der Waals surface area contributed by atoms with E-state index in [4.69, 9.17) is 0 Å². The SMILES string of the molecule is CCN(C[C@@H](O)c1cccc(O)c1)C(=O)Cn1ccccc1=O. The molecule has 0 unspecified atom stereocenters. The van der Waals surface area contributed by atoms with Crippen LogP contribution in [0.4, 0.5) is 0 Å². The first kappa shape index (κ1) is 16.8. The van der Waals surface area contributed by atoms with Gasteiger partial charge >= 0.3 is 0 Å². The number of carbonyl (C=O) groups excluding carboxylic acids is 1. The number of phenols is 1. The predicted molar refractivity (Wildman–Crippen MR) is 86.0 cm³/mol. The van der Waals surface area contributed by atoms with Crippen molar-refractivity contribution in [1.29, 1.82) is 0 Å². The van der Waals surface area contributed by atoms with E-state index in [9.17, 15) is 19.8 Å². The summed E-state index contributed by atoms with van der Waals surface area (Å²) >= 11 is 0. The van der Waals surface area contributed by atoms with Gasteiger partial charge < -0.3 is 19.7 Å². The summed E-state index contributed by atoms with van der Waals surface area (Å²) in [6.07, 6.45) is 0.651. The number of benzene rings is 1. The highest BCUT2D eigenvalue weighted by molar-refractivity contribution is 5.76. The number of pyridine rings is 1. The average molecular weight is 316 g/mol. The van der Waals surface area contributed by atoms with Crippen molar-refractivity contribution in [2.45, 2.75) is 19.6 Å². The van der Waals surface area contributed by atoms with Crippen LogP contribution >= 0.6 is 0 Å². The number of phenolic OH excluding ortho intramolecular Hbond substituents is 1. The van der Waals surface area contributed by atoms with Crippen LogP contribution in [0.25, 0.3) is 0 Å². The summed E-state index contributed by atoms with van der Waals surface area (Å²) in [6, 6.07) is 11.0. The van der Waals surface area contributed by atoms with Gasteiger partial charge in [-0.1, -0.05) is 18.2 Å². The second-order valence-electron chi connectivity index (χ2n) is 5.21. The first-order chi connectivity index (χ1) is 11.0. The Labute approximate surface area is 134 Å². The number of rotatable bonds is 6. The number of aromatic nitrogens is 1. The largest absolute Gasteiger partial charge is 0.508 e. The molecule has 0 fully saturated rings. The number of aliphatic hydroxyl groups is 1. The van der Waals surface area contributed by atoms with Gasteiger partial charge in [0.1, 0.15) is 12.3 Å². The summed E-state index contributed by atoms with van der Waals surface area (Å²) in [6.45, 7) is 2.25. The van der Waals surface area contributed by atoms with E-state index in [1.165, 1.54) is 27.7 Å². The molecule has 2 rings (SSSR count). The monoisotopic (exact) mass is 316 g/mol. The Morgan fingerprint density at radius 1 is 1.26 bits per heavy atom. The molecule has 1 aromatic heterocycles. The van der Waals surface area contributed by atoms with E-state index in [0.717, 1.165) is 0 Å². The molecule has 122 valence electrons. The number of likely N-dealkylation sites (N-methyl/N-ethyl adjacent to an activating group) is 1. The highest BCUT2D eigenvalue weighted by atomic mass is 16.3. The van der Waals surface area contributed by atoms with Gasteiger partial charge in [-0.15, -0.1) is 0 Å². The van der Waals surface area contributed by atoms with Gasteiger partial charge in [0.2, 0.25) is 5.91 Å². The maximum atomic E-state index is 12.3. The molecule has 2 N–H and O–H groups in total. The summed E-state index contributed by atoms with van der Waals surface area (Å²) < 4.78 is 1.33. The zero-order chi connectivity index (χ0) is 16.8. The maximum absolute atomic E-state index is 12.3. The molecule has 0 saturated heterocycles.